The fraction of sp³-hybridized carbons (Fsp3) is 0.273. The van der Waals surface area contributed by atoms with Gasteiger partial charge in [-0.1, -0.05) is 29.4 Å². The Labute approximate surface area is 178 Å². The van der Waals surface area contributed by atoms with Gasteiger partial charge in [0.1, 0.15) is 11.6 Å². The summed E-state index contributed by atoms with van der Waals surface area (Å²) in [6, 6.07) is 11.6. The molecule has 3 aromatic rings. The summed E-state index contributed by atoms with van der Waals surface area (Å²) in [5.74, 6) is -1.26. The fourth-order valence-corrected chi connectivity index (χ4v) is 2.94. The first-order valence-electron chi connectivity index (χ1n) is 9.56. The highest BCUT2D eigenvalue weighted by molar-refractivity contribution is 6.08. The number of nitrogens with one attached hydrogen (secondary N) is 1. The number of halogens is 1. The minimum Gasteiger partial charge on any atom is -0.361 e. The number of Topliss-reactive ketones (excluding diaryl/α,β-unsaturated/α-hetero) is 1. The predicted octanol–water partition coefficient (Wildman–Crippen LogP) is 3.17. The SMILES string of the molecule is Cc1cc(CCC(=O)C(C)(OCc2ccc(-c3ccc(F)cn3)cc2)C(=O)NO)no1. The van der Waals surface area contributed by atoms with Gasteiger partial charge >= 0.3 is 0 Å². The topological polar surface area (TPSA) is 115 Å². The zero-order chi connectivity index (χ0) is 22.4. The Bertz CT molecular complexity index is 1050. The maximum atomic E-state index is 13.0. The van der Waals surface area contributed by atoms with Crippen LogP contribution in [0.5, 0.6) is 0 Å². The molecule has 0 saturated carbocycles. The van der Waals surface area contributed by atoms with Crippen molar-refractivity contribution in [3.8, 4) is 11.3 Å². The molecule has 0 bridgehead atoms. The monoisotopic (exact) mass is 427 g/mol. The summed E-state index contributed by atoms with van der Waals surface area (Å²) in [5, 5.41) is 12.9. The lowest BCUT2D eigenvalue weighted by molar-refractivity contribution is -0.164. The number of pyridine rings is 1. The molecule has 1 amide bonds. The Morgan fingerprint density at radius 3 is 2.55 bits per heavy atom. The average molecular weight is 427 g/mol. The van der Waals surface area contributed by atoms with E-state index in [0.717, 1.165) is 11.8 Å². The third-order valence-corrected chi connectivity index (χ3v) is 4.86. The summed E-state index contributed by atoms with van der Waals surface area (Å²) in [4.78, 5) is 29.0. The second-order valence-electron chi connectivity index (χ2n) is 7.17. The van der Waals surface area contributed by atoms with E-state index in [2.05, 4.69) is 10.1 Å². The number of ether oxygens (including phenoxy) is 1. The van der Waals surface area contributed by atoms with Crippen LogP contribution in [-0.4, -0.2) is 32.6 Å². The van der Waals surface area contributed by atoms with Gasteiger partial charge in [-0.25, -0.2) is 9.87 Å². The molecule has 31 heavy (non-hydrogen) atoms. The number of carbonyl (C=O) groups excluding carboxylic acids is 2. The van der Waals surface area contributed by atoms with Gasteiger partial charge in [0.2, 0.25) is 5.60 Å². The average Bonchev–Trinajstić information content (AvgIpc) is 3.21. The van der Waals surface area contributed by atoms with Crippen molar-refractivity contribution in [1.82, 2.24) is 15.6 Å². The molecule has 2 heterocycles. The van der Waals surface area contributed by atoms with Gasteiger partial charge in [0.05, 0.1) is 24.2 Å². The number of aryl methyl sites for hydroxylation is 2. The second kappa shape index (κ2) is 9.59. The smallest absolute Gasteiger partial charge is 0.283 e. The van der Waals surface area contributed by atoms with E-state index >= 15 is 0 Å². The first-order chi connectivity index (χ1) is 14.8. The quantitative estimate of drug-likeness (QED) is 0.306. The normalized spacial score (nSPS) is 12.9. The lowest BCUT2D eigenvalue weighted by atomic mass is 9.95. The van der Waals surface area contributed by atoms with Crippen molar-refractivity contribution in [2.24, 2.45) is 0 Å². The molecule has 0 saturated heterocycles. The minimum absolute atomic E-state index is 0.0228. The molecule has 0 radical (unpaired) electrons. The zero-order valence-corrected chi connectivity index (χ0v) is 17.1. The number of nitrogens with zero attached hydrogens (tertiary/aromatic N) is 2. The third kappa shape index (κ3) is 5.39. The number of hydrogen-bond acceptors (Lipinski definition) is 7. The second-order valence-corrected chi connectivity index (χ2v) is 7.17. The molecule has 1 atom stereocenters. The molecule has 0 fully saturated rings. The number of aromatic nitrogens is 2. The van der Waals surface area contributed by atoms with Gasteiger partial charge in [0.15, 0.2) is 5.78 Å². The van der Waals surface area contributed by atoms with E-state index in [4.69, 9.17) is 14.5 Å². The van der Waals surface area contributed by atoms with Crippen LogP contribution in [0.2, 0.25) is 0 Å². The molecule has 8 nitrogen and oxygen atoms in total. The molecule has 1 aromatic carbocycles. The molecule has 0 aliphatic rings. The van der Waals surface area contributed by atoms with Crippen LogP contribution >= 0.6 is 0 Å². The third-order valence-electron chi connectivity index (χ3n) is 4.86. The fourth-order valence-electron chi connectivity index (χ4n) is 2.94. The minimum atomic E-state index is -1.88. The van der Waals surface area contributed by atoms with Gasteiger partial charge < -0.3 is 9.26 Å². The first kappa shape index (κ1) is 22.3. The Morgan fingerprint density at radius 2 is 1.97 bits per heavy atom. The summed E-state index contributed by atoms with van der Waals surface area (Å²) in [7, 11) is 0. The van der Waals surface area contributed by atoms with Crippen molar-refractivity contribution in [3.05, 3.63) is 71.5 Å². The number of hydrogen-bond donors (Lipinski definition) is 2. The maximum absolute atomic E-state index is 13.0. The summed E-state index contributed by atoms with van der Waals surface area (Å²) in [6.07, 6.45) is 1.38. The van der Waals surface area contributed by atoms with Crippen LogP contribution in [-0.2, 0) is 27.4 Å². The Hall–Kier alpha value is -3.43. The Morgan fingerprint density at radius 1 is 1.23 bits per heavy atom. The molecule has 2 aromatic heterocycles. The molecule has 3 rings (SSSR count). The van der Waals surface area contributed by atoms with Crippen molar-refractivity contribution in [3.63, 3.8) is 0 Å². The maximum Gasteiger partial charge on any atom is 0.283 e. The number of carbonyl (C=O) groups is 2. The van der Waals surface area contributed by atoms with Crippen LogP contribution < -0.4 is 5.48 Å². The van der Waals surface area contributed by atoms with Gasteiger partial charge in [-0.2, -0.15) is 0 Å². The van der Waals surface area contributed by atoms with Gasteiger partial charge in [0, 0.05) is 24.5 Å². The van der Waals surface area contributed by atoms with Crippen molar-refractivity contribution >= 4 is 11.7 Å². The molecule has 1 unspecified atom stereocenters. The van der Waals surface area contributed by atoms with Crippen LogP contribution in [0.3, 0.4) is 0 Å². The Balaban J connectivity index is 1.66. The van der Waals surface area contributed by atoms with E-state index in [0.29, 0.717) is 22.7 Å². The number of rotatable bonds is 9. The number of ketones is 1. The van der Waals surface area contributed by atoms with Gasteiger partial charge in [-0.15, -0.1) is 0 Å². The molecular formula is C22H22FN3O5. The standard InChI is InChI=1S/C22H22FN3O5/c1-14-11-18(26-31-14)8-10-20(27)22(2,21(28)25-29)30-13-15-3-5-16(6-4-15)19-9-7-17(23)12-24-19/h3-7,9,11-12,29H,8,10,13H2,1-2H3,(H,25,28). The highest BCUT2D eigenvalue weighted by atomic mass is 19.1. The van der Waals surface area contributed by atoms with Crippen molar-refractivity contribution in [1.29, 1.82) is 0 Å². The molecular weight excluding hydrogens is 405 g/mol. The first-order valence-corrected chi connectivity index (χ1v) is 9.56. The van der Waals surface area contributed by atoms with Gasteiger partial charge in [-0.05, 0) is 31.5 Å². The van der Waals surface area contributed by atoms with Crippen LogP contribution in [0.15, 0.2) is 53.2 Å². The van der Waals surface area contributed by atoms with Crippen molar-refractivity contribution < 1.29 is 28.4 Å². The van der Waals surface area contributed by atoms with Crippen molar-refractivity contribution in [2.75, 3.05) is 0 Å². The zero-order valence-electron chi connectivity index (χ0n) is 17.1. The number of amides is 1. The highest BCUT2D eigenvalue weighted by Gasteiger charge is 2.41. The van der Waals surface area contributed by atoms with E-state index in [9.17, 15) is 14.0 Å². The summed E-state index contributed by atoms with van der Waals surface area (Å²) >= 11 is 0. The van der Waals surface area contributed by atoms with E-state index in [1.807, 2.05) is 0 Å². The van der Waals surface area contributed by atoms with Crippen LogP contribution in [0.4, 0.5) is 4.39 Å². The molecule has 0 aliphatic heterocycles. The molecule has 0 spiro atoms. The van der Waals surface area contributed by atoms with Crippen molar-refractivity contribution in [2.45, 2.75) is 38.9 Å². The van der Waals surface area contributed by atoms with Crippen LogP contribution in [0.25, 0.3) is 11.3 Å². The summed E-state index contributed by atoms with van der Waals surface area (Å²) in [6.45, 7) is 3.00. The highest BCUT2D eigenvalue weighted by Crippen LogP contribution is 2.21. The largest absolute Gasteiger partial charge is 0.361 e. The summed E-state index contributed by atoms with van der Waals surface area (Å²) < 4.78 is 23.6. The van der Waals surface area contributed by atoms with E-state index in [-0.39, 0.29) is 19.4 Å². The van der Waals surface area contributed by atoms with Crippen LogP contribution in [0.1, 0.15) is 30.4 Å². The predicted molar refractivity (Wildman–Crippen MR) is 107 cm³/mol. The van der Waals surface area contributed by atoms with E-state index in [1.165, 1.54) is 18.5 Å². The van der Waals surface area contributed by atoms with Gasteiger partial charge in [0.25, 0.3) is 5.91 Å². The van der Waals surface area contributed by atoms with Gasteiger partial charge in [-0.3, -0.25) is 19.8 Å². The molecule has 162 valence electrons. The van der Waals surface area contributed by atoms with E-state index in [1.54, 1.807) is 43.3 Å². The number of benzene rings is 1. The van der Waals surface area contributed by atoms with Crippen LogP contribution in [0, 0.1) is 12.7 Å². The summed E-state index contributed by atoms with van der Waals surface area (Å²) in [5.41, 5.74) is 2.29. The number of hydroxylamine groups is 1. The molecule has 0 aliphatic carbocycles. The lowest BCUT2D eigenvalue weighted by Crippen LogP contribution is -2.51. The molecule has 2 N–H and O–H groups in total. The Kier molecular flexibility index (Phi) is 6.88. The molecule has 9 heteroatoms. The lowest BCUT2D eigenvalue weighted by Gasteiger charge is -2.26. The van der Waals surface area contributed by atoms with E-state index < -0.39 is 23.1 Å².